The number of benzene rings is 1. The average molecular weight is 365 g/mol. The van der Waals surface area contributed by atoms with Crippen LogP contribution in [0.15, 0.2) is 24.3 Å². The second-order valence-corrected chi connectivity index (χ2v) is 7.59. The molecule has 1 amide bonds. The maximum absolute atomic E-state index is 12.2. The lowest BCUT2D eigenvalue weighted by Gasteiger charge is -2.35. The fourth-order valence-electron chi connectivity index (χ4n) is 2.73. The first kappa shape index (κ1) is 17.2. The van der Waals surface area contributed by atoms with Gasteiger partial charge in [0.1, 0.15) is 0 Å². The molecule has 24 heavy (non-hydrogen) atoms. The maximum atomic E-state index is 12.2. The van der Waals surface area contributed by atoms with Crippen molar-refractivity contribution in [3.63, 3.8) is 0 Å². The van der Waals surface area contributed by atoms with Crippen molar-refractivity contribution < 1.29 is 4.79 Å². The van der Waals surface area contributed by atoms with Gasteiger partial charge in [0, 0.05) is 41.8 Å². The van der Waals surface area contributed by atoms with Crippen molar-refractivity contribution in [2.45, 2.75) is 13.8 Å². The normalized spacial score (nSPS) is 15.5. The number of halogens is 1. The molecule has 1 fully saturated rings. The van der Waals surface area contributed by atoms with Crippen molar-refractivity contribution >= 4 is 39.7 Å². The molecule has 0 aliphatic carbocycles. The lowest BCUT2D eigenvalue weighted by Crippen LogP contribution is -2.48. The predicted molar refractivity (Wildman–Crippen MR) is 100 cm³/mol. The van der Waals surface area contributed by atoms with Crippen LogP contribution in [-0.2, 0) is 4.79 Å². The van der Waals surface area contributed by atoms with Gasteiger partial charge >= 0.3 is 0 Å². The Kier molecular flexibility index (Phi) is 5.38. The number of thiazole rings is 1. The molecular weight excluding hydrogens is 344 g/mol. The molecule has 1 saturated heterocycles. The van der Waals surface area contributed by atoms with Crippen LogP contribution in [0.2, 0.25) is 5.02 Å². The highest BCUT2D eigenvalue weighted by Gasteiger charge is 2.20. The van der Waals surface area contributed by atoms with Crippen LogP contribution in [0.1, 0.15) is 10.6 Å². The first-order valence-electron chi connectivity index (χ1n) is 7.98. The number of aromatic nitrogens is 1. The largest absolute Gasteiger partial charge is 0.369 e. The van der Waals surface area contributed by atoms with Gasteiger partial charge in [-0.1, -0.05) is 17.7 Å². The highest BCUT2D eigenvalue weighted by molar-refractivity contribution is 7.15. The lowest BCUT2D eigenvalue weighted by molar-refractivity contribution is -0.117. The van der Waals surface area contributed by atoms with Crippen LogP contribution in [0, 0.1) is 13.8 Å². The van der Waals surface area contributed by atoms with E-state index in [4.69, 9.17) is 11.6 Å². The molecule has 2 aromatic rings. The van der Waals surface area contributed by atoms with Crippen molar-refractivity contribution in [3.05, 3.63) is 39.9 Å². The number of amides is 1. The van der Waals surface area contributed by atoms with Crippen molar-refractivity contribution in [3.8, 4) is 0 Å². The van der Waals surface area contributed by atoms with E-state index in [0.29, 0.717) is 11.7 Å². The number of rotatable bonds is 4. The summed E-state index contributed by atoms with van der Waals surface area (Å²) >= 11 is 7.58. The minimum absolute atomic E-state index is 0.0000412. The summed E-state index contributed by atoms with van der Waals surface area (Å²) in [5.41, 5.74) is 2.12. The molecule has 5 nitrogen and oxygen atoms in total. The number of hydrogen-bond acceptors (Lipinski definition) is 5. The van der Waals surface area contributed by atoms with Crippen LogP contribution >= 0.6 is 22.9 Å². The van der Waals surface area contributed by atoms with Crippen LogP contribution in [0.5, 0.6) is 0 Å². The summed E-state index contributed by atoms with van der Waals surface area (Å²) < 4.78 is 0. The average Bonchev–Trinajstić information content (AvgIpc) is 2.85. The quantitative estimate of drug-likeness (QED) is 0.905. The van der Waals surface area contributed by atoms with E-state index in [1.54, 1.807) is 0 Å². The van der Waals surface area contributed by atoms with Gasteiger partial charge in [0.05, 0.1) is 12.2 Å². The number of nitrogens with one attached hydrogen (secondary N) is 1. The van der Waals surface area contributed by atoms with Crippen molar-refractivity contribution in [2.75, 3.05) is 42.9 Å². The summed E-state index contributed by atoms with van der Waals surface area (Å²) in [5, 5.41) is 4.34. The molecule has 0 radical (unpaired) electrons. The summed E-state index contributed by atoms with van der Waals surface area (Å²) in [6.07, 6.45) is 0. The lowest BCUT2D eigenvalue weighted by atomic mass is 10.2. The van der Waals surface area contributed by atoms with E-state index in [1.807, 2.05) is 32.0 Å². The zero-order chi connectivity index (χ0) is 17.1. The zero-order valence-electron chi connectivity index (χ0n) is 13.9. The summed E-state index contributed by atoms with van der Waals surface area (Å²) in [6.45, 7) is 7.87. The van der Waals surface area contributed by atoms with E-state index in [1.165, 1.54) is 11.3 Å². The second kappa shape index (κ2) is 7.51. The Morgan fingerprint density at radius 2 is 2.04 bits per heavy atom. The van der Waals surface area contributed by atoms with Crippen LogP contribution < -0.4 is 10.2 Å². The molecular formula is C17H21ClN4OS. The number of piperazine rings is 1. The summed E-state index contributed by atoms with van der Waals surface area (Å²) in [4.78, 5) is 22.1. The van der Waals surface area contributed by atoms with Gasteiger partial charge < -0.3 is 10.2 Å². The van der Waals surface area contributed by atoms with E-state index in [0.717, 1.165) is 47.5 Å². The van der Waals surface area contributed by atoms with Crippen LogP contribution in [0.3, 0.4) is 0 Å². The molecule has 0 atom stereocenters. The number of carbonyl (C=O) groups is 1. The number of nitrogens with zero attached hydrogens (tertiary/aromatic N) is 3. The van der Waals surface area contributed by atoms with Crippen LogP contribution in [0.25, 0.3) is 0 Å². The minimum atomic E-state index is -0.0000412. The van der Waals surface area contributed by atoms with E-state index in [9.17, 15) is 4.79 Å². The molecule has 128 valence electrons. The zero-order valence-corrected chi connectivity index (χ0v) is 15.5. The Balaban J connectivity index is 1.49. The molecule has 7 heteroatoms. The highest BCUT2D eigenvalue weighted by atomic mass is 35.5. The van der Waals surface area contributed by atoms with Crippen LogP contribution in [-0.4, -0.2) is 48.5 Å². The Labute approximate surface area is 151 Å². The Morgan fingerprint density at radius 1 is 1.29 bits per heavy atom. The van der Waals surface area contributed by atoms with Crippen molar-refractivity contribution in [2.24, 2.45) is 0 Å². The Hall–Kier alpha value is -1.63. The SMILES string of the molecule is Cc1nc(NC(=O)CN2CCN(c3cccc(Cl)c3)CC2)sc1C. The number of hydrogen-bond donors (Lipinski definition) is 1. The molecule has 1 aliphatic heterocycles. The van der Waals surface area contributed by atoms with Gasteiger partial charge in [-0.15, -0.1) is 11.3 Å². The van der Waals surface area contributed by atoms with Gasteiger partial charge in [-0.05, 0) is 32.0 Å². The van der Waals surface area contributed by atoms with E-state index in [2.05, 4.69) is 26.2 Å². The summed E-state index contributed by atoms with van der Waals surface area (Å²) in [6, 6.07) is 7.90. The topological polar surface area (TPSA) is 48.5 Å². The molecule has 0 spiro atoms. The molecule has 1 aromatic heterocycles. The molecule has 2 heterocycles. The number of aryl methyl sites for hydroxylation is 2. The van der Waals surface area contributed by atoms with Gasteiger partial charge in [-0.3, -0.25) is 9.69 Å². The third-order valence-corrected chi connectivity index (χ3v) is 5.41. The molecule has 1 aromatic carbocycles. The van der Waals surface area contributed by atoms with Gasteiger partial charge in [-0.25, -0.2) is 4.98 Å². The first-order valence-corrected chi connectivity index (χ1v) is 9.17. The van der Waals surface area contributed by atoms with E-state index < -0.39 is 0 Å². The maximum Gasteiger partial charge on any atom is 0.240 e. The fourth-order valence-corrected chi connectivity index (χ4v) is 3.74. The summed E-state index contributed by atoms with van der Waals surface area (Å²) in [7, 11) is 0. The smallest absolute Gasteiger partial charge is 0.240 e. The fraction of sp³-hybridized carbons (Fsp3) is 0.412. The van der Waals surface area contributed by atoms with E-state index >= 15 is 0 Å². The minimum Gasteiger partial charge on any atom is -0.369 e. The Morgan fingerprint density at radius 3 is 2.67 bits per heavy atom. The third-order valence-electron chi connectivity index (χ3n) is 4.19. The molecule has 0 saturated carbocycles. The highest BCUT2D eigenvalue weighted by Crippen LogP contribution is 2.22. The van der Waals surface area contributed by atoms with Gasteiger partial charge in [0.2, 0.25) is 5.91 Å². The molecule has 3 rings (SSSR count). The predicted octanol–water partition coefficient (Wildman–Crippen LogP) is 3.17. The second-order valence-electron chi connectivity index (χ2n) is 5.95. The molecule has 1 N–H and O–H groups in total. The van der Waals surface area contributed by atoms with Crippen molar-refractivity contribution in [1.29, 1.82) is 0 Å². The Bertz CT molecular complexity index is 706. The third kappa shape index (κ3) is 4.26. The monoisotopic (exact) mass is 364 g/mol. The van der Waals surface area contributed by atoms with Gasteiger partial charge in [-0.2, -0.15) is 0 Å². The molecule has 0 bridgehead atoms. The first-order chi connectivity index (χ1) is 11.5. The molecule has 1 aliphatic rings. The molecule has 0 unspecified atom stereocenters. The van der Waals surface area contributed by atoms with E-state index in [-0.39, 0.29) is 5.91 Å². The van der Waals surface area contributed by atoms with Crippen LogP contribution in [0.4, 0.5) is 10.8 Å². The van der Waals surface area contributed by atoms with Crippen molar-refractivity contribution in [1.82, 2.24) is 9.88 Å². The van der Waals surface area contributed by atoms with Gasteiger partial charge in [0.25, 0.3) is 0 Å². The number of carbonyl (C=O) groups excluding carboxylic acids is 1. The summed E-state index contributed by atoms with van der Waals surface area (Å²) in [5.74, 6) is -0.0000412. The standard InChI is InChI=1S/C17H21ClN4OS/c1-12-13(2)24-17(19-12)20-16(23)11-21-6-8-22(9-7-21)15-5-3-4-14(18)10-15/h3-5,10H,6-9,11H2,1-2H3,(H,19,20,23). The van der Waals surface area contributed by atoms with Gasteiger partial charge in [0.15, 0.2) is 5.13 Å². The number of anilines is 2.